The smallest absolute Gasteiger partial charge is 0.326 e. The summed E-state index contributed by atoms with van der Waals surface area (Å²) in [4.78, 5) is 12.6. The Bertz CT molecular complexity index is 731. The van der Waals surface area contributed by atoms with Gasteiger partial charge in [-0.05, 0) is 43.2 Å². The molecule has 2 aromatic carbocycles. The van der Waals surface area contributed by atoms with Gasteiger partial charge in [-0.1, -0.05) is 30.3 Å². The highest BCUT2D eigenvalue weighted by Gasteiger charge is 2.33. The van der Waals surface area contributed by atoms with Crippen LogP contribution in [0.2, 0.25) is 0 Å². The number of alkyl halides is 3. The molecule has 0 unspecified atom stereocenters. The summed E-state index contributed by atoms with van der Waals surface area (Å²) in [5.74, 6) is -0.393. The summed E-state index contributed by atoms with van der Waals surface area (Å²) in [6, 6.07) is 12.4. The van der Waals surface area contributed by atoms with Crippen molar-refractivity contribution in [2.75, 3.05) is 5.32 Å². The highest BCUT2D eigenvalue weighted by molar-refractivity contribution is 5.98. The summed E-state index contributed by atoms with van der Waals surface area (Å²) in [5.41, 5.74) is 4.89. The Morgan fingerprint density at radius 1 is 1.04 bits per heavy atom. The summed E-state index contributed by atoms with van der Waals surface area (Å²) in [6.07, 6.45) is -4.50. The number of anilines is 1. The molecule has 0 saturated carbocycles. The molecule has 136 valence electrons. The first-order chi connectivity index (χ1) is 11.1. The number of rotatable bonds is 4. The second kappa shape index (κ2) is 7.89. The van der Waals surface area contributed by atoms with Crippen LogP contribution in [0.5, 0.6) is 0 Å². The molecule has 0 fully saturated rings. The lowest BCUT2D eigenvalue weighted by molar-refractivity contribution is -0.137. The van der Waals surface area contributed by atoms with Crippen molar-refractivity contribution in [3.63, 3.8) is 0 Å². The lowest BCUT2D eigenvalue weighted by Gasteiger charge is -2.24. The number of nitrogens with one attached hydrogen (secondary N) is 1. The van der Waals surface area contributed by atoms with Gasteiger partial charge >= 0.3 is 6.18 Å². The maximum absolute atomic E-state index is 13.0. The van der Waals surface area contributed by atoms with Crippen LogP contribution in [0.15, 0.2) is 48.5 Å². The molecule has 0 aliphatic rings. The minimum atomic E-state index is -4.50. The third-order valence-corrected chi connectivity index (χ3v) is 3.88. The van der Waals surface area contributed by atoms with E-state index in [4.69, 9.17) is 5.73 Å². The van der Waals surface area contributed by atoms with Crippen LogP contribution in [-0.4, -0.2) is 5.91 Å². The molecule has 0 aromatic heterocycles. The van der Waals surface area contributed by atoms with Gasteiger partial charge in [0, 0.05) is 12.2 Å². The van der Waals surface area contributed by atoms with E-state index in [9.17, 15) is 18.0 Å². The maximum Gasteiger partial charge on any atom is 0.416 e. The predicted molar refractivity (Wildman–Crippen MR) is 94.7 cm³/mol. The summed E-state index contributed by atoms with van der Waals surface area (Å²) >= 11 is 0. The van der Waals surface area contributed by atoms with Crippen LogP contribution < -0.4 is 11.1 Å². The normalized spacial score (nSPS) is 11.6. The highest BCUT2D eigenvalue weighted by Crippen LogP contribution is 2.33. The SMILES string of the molecule is CC(C)(C(=O)Nc1cc(CN)cc(C(F)(F)F)c1)c1ccccc1.Cl. The van der Waals surface area contributed by atoms with Gasteiger partial charge in [-0.2, -0.15) is 13.2 Å². The number of carbonyl (C=O) groups excluding carboxylic acids is 1. The standard InChI is InChI=1S/C18H19F3N2O.ClH/c1-17(2,13-6-4-3-5-7-13)16(24)23-15-9-12(11-22)8-14(10-15)18(19,20)21;/h3-10H,11,22H2,1-2H3,(H,23,24);1H. The molecule has 0 aliphatic carbocycles. The average Bonchev–Trinajstić information content (AvgIpc) is 2.54. The van der Waals surface area contributed by atoms with Gasteiger partial charge in [0.1, 0.15) is 0 Å². The molecule has 0 aliphatic heterocycles. The van der Waals surface area contributed by atoms with Gasteiger partial charge in [0.05, 0.1) is 11.0 Å². The number of halogens is 4. The van der Waals surface area contributed by atoms with Crippen molar-refractivity contribution in [1.29, 1.82) is 0 Å². The van der Waals surface area contributed by atoms with E-state index >= 15 is 0 Å². The van der Waals surface area contributed by atoms with Gasteiger partial charge in [0.2, 0.25) is 5.91 Å². The molecular weight excluding hydrogens is 353 g/mol. The van der Waals surface area contributed by atoms with Crippen molar-refractivity contribution in [3.05, 3.63) is 65.2 Å². The zero-order chi connectivity index (χ0) is 18.0. The average molecular weight is 373 g/mol. The van der Waals surface area contributed by atoms with Crippen LogP contribution in [0.3, 0.4) is 0 Å². The zero-order valence-corrected chi connectivity index (χ0v) is 14.7. The molecule has 0 saturated heterocycles. The number of hydrogen-bond acceptors (Lipinski definition) is 2. The first kappa shape index (κ1) is 21.0. The van der Waals surface area contributed by atoms with E-state index in [1.807, 2.05) is 6.07 Å². The van der Waals surface area contributed by atoms with Crippen LogP contribution in [-0.2, 0) is 22.9 Å². The third kappa shape index (κ3) is 4.96. The van der Waals surface area contributed by atoms with E-state index in [2.05, 4.69) is 5.32 Å². The molecule has 2 rings (SSSR count). The van der Waals surface area contributed by atoms with E-state index in [1.165, 1.54) is 6.07 Å². The zero-order valence-electron chi connectivity index (χ0n) is 13.9. The Balaban J connectivity index is 0.00000312. The summed E-state index contributed by atoms with van der Waals surface area (Å²) in [6.45, 7) is 3.39. The molecule has 0 spiro atoms. The molecular formula is C18H20ClF3N2O. The van der Waals surface area contributed by atoms with Crippen molar-refractivity contribution in [1.82, 2.24) is 0 Å². The van der Waals surface area contributed by atoms with Gasteiger partial charge in [0.25, 0.3) is 0 Å². The molecule has 25 heavy (non-hydrogen) atoms. The number of carbonyl (C=O) groups is 1. The lowest BCUT2D eigenvalue weighted by Crippen LogP contribution is -2.34. The molecule has 1 amide bonds. The van der Waals surface area contributed by atoms with Crippen molar-refractivity contribution in [3.8, 4) is 0 Å². The Labute approximate surface area is 150 Å². The monoisotopic (exact) mass is 372 g/mol. The molecule has 2 aromatic rings. The molecule has 3 N–H and O–H groups in total. The van der Waals surface area contributed by atoms with Crippen molar-refractivity contribution < 1.29 is 18.0 Å². The highest BCUT2D eigenvalue weighted by atomic mass is 35.5. The first-order valence-corrected chi connectivity index (χ1v) is 7.43. The van der Waals surface area contributed by atoms with E-state index in [0.717, 1.165) is 17.7 Å². The minimum absolute atomic E-state index is 0. The second-order valence-corrected chi connectivity index (χ2v) is 6.07. The minimum Gasteiger partial charge on any atom is -0.326 e. The Morgan fingerprint density at radius 3 is 2.16 bits per heavy atom. The van der Waals surface area contributed by atoms with Gasteiger partial charge in [-0.3, -0.25) is 4.79 Å². The predicted octanol–water partition coefficient (Wildman–Crippen LogP) is 4.50. The molecule has 3 nitrogen and oxygen atoms in total. The summed E-state index contributed by atoms with van der Waals surface area (Å²) in [7, 11) is 0. The Hall–Kier alpha value is -2.05. The van der Waals surface area contributed by atoms with Gasteiger partial charge in [-0.25, -0.2) is 0 Å². The number of amides is 1. The van der Waals surface area contributed by atoms with E-state index in [0.29, 0.717) is 5.56 Å². The fourth-order valence-corrected chi connectivity index (χ4v) is 2.32. The van der Waals surface area contributed by atoms with Gasteiger partial charge in [-0.15, -0.1) is 12.4 Å². The Kier molecular flexibility index (Phi) is 6.62. The number of hydrogen-bond donors (Lipinski definition) is 2. The summed E-state index contributed by atoms with van der Waals surface area (Å²) in [5, 5.41) is 2.57. The fraction of sp³-hybridized carbons (Fsp3) is 0.278. The molecule has 0 heterocycles. The first-order valence-electron chi connectivity index (χ1n) is 7.43. The van der Waals surface area contributed by atoms with Crippen LogP contribution in [0.25, 0.3) is 0 Å². The van der Waals surface area contributed by atoms with Crippen LogP contribution in [0.4, 0.5) is 18.9 Å². The van der Waals surface area contributed by atoms with Crippen molar-refractivity contribution >= 4 is 24.0 Å². The Morgan fingerprint density at radius 2 is 1.64 bits per heavy atom. The van der Waals surface area contributed by atoms with Crippen molar-refractivity contribution in [2.24, 2.45) is 5.73 Å². The fourth-order valence-electron chi connectivity index (χ4n) is 2.32. The lowest BCUT2D eigenvalue weighted by atomic mass is 9.83. The van der Waals surface area contributed by atoms with Gasteiger partial charge < -0.3 is 11.1 Å². The largest absolute Gasteiger partial charge is 0.416 e. The van der Waals surface area contributed by atoms with Crippen LogP contribution in [0.1, 0.15) is 30.5 Å². The molecule has 0 atom stereocenters. The van der Waals surface area contributed by atoms with Crippen molar-refractivity contribution in [2.45, 2.75) is 32.0 Å². The van der Waals surface area contributed by atoms with E-state index in [1.54, 1.807) is 38.1 Å². The van der Waals surface area contributed by atoms with Gasteiger partial charge in [0.15, 0.2) is 0 Å². The molecule has 7 heteroatoms. The number of nitrogens with two attached hydrogens (primary N) is 1. The van der Waals surface area contributed by atoms with Crippen LogP contribution >= 0.6 is 12.4 Å². The van der Waals surface area contributed by atoms with E-state index < -0.39 is 23.1 Å². The topological polar surface area (TPSA) is 55.1 Å². The number of benzene rings is 2. The van der Waals surface area contributed by atoms with E-state index in [-0.39, 0.29) is 24.6 Å². The molecule has 0 bridgehead atoms. The quantitative estimate of drug-likeness (QED) is 0.830. The van der Waals surface area contributed by atoms with Crippen LogP contribution in [0, 0.1) is 0 Å². The molecule has 0 radical (unpaired) electrons. The third-order valence-electron chi connectivity index (χ3n) is 3.88. The summed E-state index contributed by atoms with van der Waals surface area (Å²) < 4.78 is 38.9. The maximum atomic E-state index is 13.0. The second-order valence-electron chi connectivity index (χ2n) is 6.07.